The minimum atomic E-state index is 0.156. The van der Waals surface area contributed by atoms with Crippen LogP contribution in [0.15, 0.2) is 24.3 Å². The predicted molar refractivity (Wildman–Crippen MR) is 105 cm³/mol. The molecule has 5 heteroatoms. The minimum absolute atomic E-state index is 0.156. The summed E-state index contributed by atoms with van der Waals surface area (Å²) < 4.78 is 5.94. The second kappa shape index (κ2) is 8.46. The van der Waals surface area contributed by atoms with Crippen LogP contribution in [0, 0.1) is 28.6 Å². The summed E-state index contributed by atoms with van der Waals surface area (Å²) in [4.78, 5) is 4.95. The SMILES string of the molecule is CC1CCN(C(=c2ccc(=C(C#N)C#N)cc2)N2CC(C)OC(C)C2)CC1. The van der Waals surface area contributed by atoms with Crippen molar-refractivity contribution < 1.29 is 4.74 Å². The smallest absolute Gasteiger partial charge is 0.136 e. The number of benzene rings is 1. The number of rotatable bonds is 2. The Morgan fingerprint density at radius 2 is 1.41 bits per heavy atom. The summed E-state index contributed by atoms with van der Waals surface area (Å²) in [6, 6.07) is 11.8. The van der Waals surface area contributed by atoms with Crippen LogP contribution in [0.5, 0.6) is 0 Å². The van der Waals surface area contributed by atoms with Crippen LogP contribution in [0.3, 0.4) is 0 Å². The lowest BCUT2D eigenvalue weighted by Crippen LogP contribution is -2.50. The van der Waals surface area contributed by atoms with Gasteiger partial charge in [0.05, 0.1) is 12.2 Å². The summed E-state index contributed by atoms with van der Waals surface area (Å²) in [5.41, 5.74) is 0.156. The Hall–Kier alpha value is -2.50. The molecular weight excluding hydrogens is 336 g/mol. The van der Waals surface area contributed by atoms with Crippen molar-refractivity contribution in [3.05, 3.63) is 34.7 Å². The molecule has 0 radical (unpaired) electrons. The van der Waals surface area contributed by atoms with Gasteiger partial charge in [-0.25, -0.2) is 0 Å². The van der Waals surface area contributed by atoms with Gasteiger partial charge in [0, 0.05) is 36.6 Å². The highest BCUT2D eigenvalue weighted by Crippen LogP contribution is 2.24. The Kier molecular flexibility index (Phi) is 6.04. The third-order valence-electron chi connectivity index (χ3n) is 5.46. The van der Waals surface area contributed by atoms with E-state index in [0.717, 1.165) is 37.3 Å². The lowest BCUT2D eigenvalue weighted by atomic mass is 9.99. The van der Waals surface area contributed by atoms with Gasteiger partial charge in [0.25, 0.3) is 0 Å². The molecular formula is C22H28N4O. The average Bonchev–Trinajstić information content (AvgIpc) is 2.65. The third kappa shape index (κ3) is 4.43. The van der Waals surface area contributed by atoms with E-state index in [2.05, 4.69) is 30.6 Å². The molecule has 27 heavy (non-hydrogen) atoms. The van der Waals surface area contributed by atoms with Gasteiger partial charge < -0.3 is 14.5 Å². The standard InChI is InChI=1S/C22H28N4O/c1-16-8-10-25(11-9-16)22(26-14-17(2)27-18(3)15-26)20-6-4-19(5-7-20)21(12-23)13-24/h4-7,16-18H,8-11,14-15H2,1-3H3. The summed E-state index contributed by atoms with van der Waals surface area (Å²) in [6.07, 6.45) is 2.81. The highest BCUT2D eigenvalue weighted by Gasteiger charge is 2.28. The molecule has 2 aliphatic rings. The maximum atomic E-state index is 9.10. The van der Waals surface area contributed by atoms with E-state index < -0.39 is 0 Å². The fourth-order valence-corrected chi connectivity index (χ4v) is 4.08. The van der Waals surface area contributed by atoms with Crippen LogP contribution >= 0.6 is 0 Å². The van der Waals surface area contributed by atoms with Gasteiger partial charge in [-0.2, -0.15) is 10.5 Å². The van der Waals surface area contributed by atoms with Gasteiger partial charge in [0.1, 0.15) is 23.5 Å². The molecule has 0 spiro atoms. The number of nitrogens with zero attached hydrogens (tertiary/aromatic N) is 4. The van der Waals surface area contributed by atoms with Crippen molar-refractivity contribution in [2.45, 2.75) is 45.8 Å². The van der Waals surface area contributed by atoms with Gasteiger partial charge in [-0.1, -0.05) is 31.2 Å². The van der Waals surface area contributed by atoms with E-state index in [4.69, 9.17) is 15.3 Å². The van der Waals surface area contributed by atoms with Crippen molar-refractivity contribution in [1.29, 1.82) is 10.5 Å². The summed E-state index contributed by atoms with van der Waals surface area (Å²) in [6.45, 7) is 10.5. The second-order valence-electron chi connectivity index (χ2n) is 7.83. The molecule has 0 aromatic heterocycles. The van der Waals surface area contributed by atoms with Gasteiger partial charge in [-0.05, 0) is 32.6 Å². The number of hydrogen-bond donors (Lipinski definition) is 0. The van der Waals surface area contributed by atoms with Crippen LogP contribution in [0.25, 0.3) is 11.4 Å². The Morgan fingerprint density at radius 1 is 0.889 bits per heavy atom. The molecule has 2 saturated heterocycles. The number of nitriles is 2. The molecule has 3 rings (SSSR count). The van der Waals surface area contributed by atoms with Crippen molar-refractivity contribution in [1.82, 2.24) is 9.80 Å². The monoisotopic (exact) mass is 364 g/mol. The fraction of sp³-hybridized carbons (Fsp3) is 0.545. The fourth-order valence-electron chi connectivity index (χ4n) is 4.08. The number of piperidine rings is 1. The maximum absolute atomic E-state index is 9.10. The number of likely N-dealkylation sites (tertiary alicyclic amines) is 1. The van der Waals surface area contributed by atoms with Crippen molar-refractivity contribution >= 4 is 11.4 Å². The molecule has 1 aromatic carbocycles. The van der Waals surface area contributed by atoms with Crippen LogP contribution in [0.4, 0.5) is 0 Å². The lowest BCUT2D eigenvalue weighted by Gasteiger charge is -2.44. The molecule has 1 aromatic rings. The van der Waals surface area contributed by atoms with Crippen LogP contribution < -0.4 is 10.4 Å². The number of ether oxygens (including phenoxy) is 1. The molecule has 2 unspecified atom stereocenters. The van der Waals surface area contributed by atoms with Gasteiger partial charge >= 0.3 is 0 Å². The largest absolute Gasteiger partial charge is 0.372 e. The molecule has 5 nitrogen and oxygen atoms in total. The summed E-state index contributed by atoms with van der Waals surface area (Å²) in [7, 11) is 0. The Balaban J connectivity index is 2.06. The lowest BCUT2D eigenvalue weighted by molar-refractivity contribution is -0.0563. The van der Waals surface area contributed by atoms with Crippen LogP contribution in [-0.2, 0) is 4.74 Å². The molecule has 0 aliphatic carbocycles. The van der Waals surface area contributed by atoms with Crippen molar-refractivity contribution in [2.75, 3.05) is 26.2 Å². The zero-order valence-corrected chi connectivity index (χ0v) is 16.5. The molecule has 0 N–H and O–H groups in total. The van der Waals surface area contributed by atoms with Gasteiger partial charge in [0.15, 0.2) is 0 Å². The highest BCUT2D eigenvalue weighted by molar-refractivity contribution is 5.72. The molecule has 2 heterocycles. The normalized spacial score (nSPS) is 23.4. The molecule has 2 atom stereocenters. The number of morpholine rings is 1. The van der Waals surface area contributed by atoms with E-state index in [1.807, 2.05) is 36.4 Å². The van der Waals surface area contributed by atoms with Crippen molar-refractivity contribution in [3.8, 4) is 12.1 Å². The van der Waals surface area contributed by atoms with E-state index in [1.54, 1.807) is 0 Å². The Bertz CT molecular complexity index is 822. The van der Waals surface area contributed by atoms with Crippen molar-refractivity contribution in [3.63, 3.8) is 0 Å². The Labute approximate surface area is 161 Å². The molecule has 0 amide bonds. The summed E-state index contributed by atoms with van der Waals surface area (Å²) in [5.74, 6) is 2.03. The molecule has 0 bridgehead atoms. The third-order valence-corrected chi connectivity index (χ3v) is 5.46. The zero-order valence-electron chi connectivity index (χ0n) is 16.5. The van der Waals surface area contributed by atoms with Gasteiger partial charge in [0.2, 0.25) is 0 Å². The van der Waals surface area contributed by atoms with E-state index in [1.165, 1.54) is 18.7 Å². The quantitative estimate of drug-likeness (QED) is 0.801. The first kappa shape index (κ1) is 19.3. The number of hydrogen-bond acceptors (Lipinski definition) is 5. The van der Waals surface area contributed by atoms with E-state index in [9.17, 15) is 0 Å². The highest BCUT2D eigenvalue weighted by atomic mass is 16.5. The van der Waals surface area contributed by atoms with Crippen LogP contribution in [-0.4, -0.2) is 48.2 Å². The van der Waals surface area contributed by atoms with E-state index in [-0.39, 0.29) is 17.8 Å². The van der Waals surface area contributed by atoms with E-state index >= 15 is 0 Å². The first-order chi connectivity index (χ1) is 13.0. The summed E-state index contributed by atoms with van der Waals surface area (Å²) >= 11 is 0. The van der Waals surface area contributed by atoms with Crippen LogP contribution in [0.1, 0.15) is 33.6 Å². The summed E-state index contributed by atoms with van der Waals surface area (Å²) in [5, 5.41) is 20.0. The van der Waals surface area contributed by atoms with E-state index in [0.29, 0.717) is 5.22 Å². The van der Waals surface area contributed by atoms with Gasteiger partial charge in [-0.15, -0.1) is 0 Å². The molecule has 2 aliphatic heterocycles. The average molecular weight is 364 g/mol. The first-order valence-electron chi connectivity index (χ1n) is 9.82. The first-order valence-corrected chi connectivity index (χ1v) is 9.82. The van der Waals surface area contributed by atoms with Crippen LogP contribution in [0.2, 0.25) is 0 Å². The topological polar surface area (TPSA) is 63.3 Å². The molecule has 2 fully saturated rings. The molecule has 0 saturated carbocycles. The zero-order chi connectivity index (χ0) is 19.4. The second-order valence-corrected chi connectivity index (χ2v) is 7.83. The minimum Gasteiger partial charge on any atom is -0.372 e. The maximum Gasteiger partial charge on any atom is 0.136 e. The Morgan fingerprint density at radius 3 is 1.93 bits per heavy atom. The van der Waals surface area contributed by atoms with Gasteiger partial charge in [-0.3, -0.25) is 0 Å². The molecule has 142 valence electrons. The predicted octanol–water partition coefficient (Wildman–Crippen LogP) is 1.79. The van der Waals surface area contributed by atoms with Crippen molar-refractivity contribution in [2.24, 2.45) is 5.92 Å².